The third-order valence-corrected chi connectivity index (χ3v) is 6.55. The van der Waals surface area contributed by atoms with Crippen LogP contribution in [-0.4, -0.2) is 29.3 Å². The summed E-state index contributed by atoms with van der Waals surface area (Å²) < 4.78 is 0. The van der Waals surface area contributed by atoms with Crippen LogP contribution in [-0.2, 0) is 11.3 Å². The highest BCUT2D eigenvalue weighted by molar-refractivity contribution is 5.94. The minimum absolute atomic E-state index is 0.0269. The van der Waals surface area contributed by atoms with Gasteiger partial charge in [0.15, 0.2) is 0 Å². The van der Waals surface area contributed by atoms with Crippen molar-refractivity contribution in [3.63, 3.8) is 0 Å². The summed E-state index contributed by atoms with van der Waals surface area (Å²) in [5.74, 6) is 2.64. The number of fused-ring (bicyclic) bond motifs is 2. The van der Waals surface area contributed by atoms with Crippen LogP contribution in [0.15, 0.2) is 24.3 Å². The van der Waals surface area contributed by atoms with Crippen LogP contribution >= 0.6 is 0 Å². The van der Waals surface area contributed by atoms with Gasteiger partial charge in [-0.05, 0) is 68.1 Å². The minimum atomic E-state index is 0.0269. The second-order valence-electron chi connectivity index (χ2n) is 8.22. The molecule has 2 saturated carbocycles. The van der Waals surface area contributed by atoms with E-state index in [1.807, 2.05) is 29.2 Å². The molecule has 1 saturated heterocycles. The predicted molar refractivity (Wildman–Crippen MR) is 97.0 cm³/mol. The number of benzene rings is 1. The Morgan fingerprint density at radius 3 is 2.64 bits per heavy atom. The first-order chi connectivity index (χ1) is 12.1. The number of amides is 2. The van der Waals surface area contributed by atoms with E-state index in [9.17, 15) is 9.59 Å². The number of nitrogens with one attached hydrogen (secondary N) is 1. The average molecular weight is 340 g/mol. The van der Waals surface area contributed by atoms with Crippen LogP contribution in [0.2, 0.25) is 0 Å². The molecular weight excluding hydrogens is 312 g/mol. The molecule has 134 valence electrons. The Balaban J connectivity index is 1.33. The summed E-state index contributed by atoms with van der Waals surface area (Å²) in [4.78, 5) is 26.2. The fourth-order valence-corrected chi connectivity index (χ4v) is 5.16. The van der Waals surface area contributed by atoms with E-state index in [-0.39, 0.29) is 17.9 Å². The van der Waals surface area contributed by atoms with Gasteiger partial charge in [0.25, 0.3) is 5.91 Å². The highest BCUT2D eigenvalue weighted by Gasteiger charge is 2.42. The Bertz CT molecular complexity index is 654. The highest BCUT2D eigenvalue weighted by Crippen LogP contribution is 2.49. The van der Waals surface area contributed by atoms with Gasteiger partial charge < -0.3 is 10.2 Å². The summed E-state index contributed by atoms with van der Waals surface area (Å²) in [5, 5.41) is 3.22. The van der Waals surface area contributed by atoms with Crippen molar-refractivity contribution in [2.24, 2.45) is 17.8 Å². The molecule has 4 unspecified atom stereocenters. The van der Waals surface area contributed by atoms with Gasteiger partial charge in [-0.25, -0.2) is 0 Å². The molecule has 1 heterocycles. The maximum atomic E-state index is 12.6. The van der Waals surface area contributed by atoms with Crippen molar-refractivity contribution in [3.05, 3.63) is 35.4 Å². The lowest BCUT2D eigenvalue weighted by Gasteiger charge is -2.28. The van der Waals surface area contributed by atoms with E-state index in [1.54, 1.807) is 0 Å². The van der Waals surface area contributed by atoms with Gasteiger partial charge in [0, 0.05) is 31.1 Å². The largest absolute Gasteiger partial charge is 0.349 e. The van der Waals surface area contributed by atoms with Crippen LogP contribution in [0.25, 0.3) is 0 Å². The van der Waals surface area contributed by atoms with E-state index >= 15 is 0 Å². The minimum Gasteiger partial charge on any atom is -0.349 e. The van der Waals surface area contributed by atoms with E-state index < -0.39 is 0 Å². The molecule has 2 aliphatic carbocycles. The van der Waals surface area contributed by atoms with Crippen molar-refractivity contribution in [1.29, 1.82) is 0 Å². The molecular formula is C21H28N2O2. The third-order valence-electron chi connectivity index (χ3n) is 6.55. The van der Waals surface area contributed by atoms with Crippen molar-refractivity contribution >= 4 is 11.8 Å². The number of nitrogens with zero attached hydrogens (tertiary/aromatic N) is 1. The summed E-state index contributed by atoms with van der Waals surface area (Å²) in [5.41, 5.74) is 1.81. The van der Waals surface area contributed by atoms with E-state index in [0.717, 1.165) is 30.4 Å². The molecule has 0 spiro atoms. The molecule has 4 rings (SSSR count). The Morgan fingerprint density at radius 2 is 2.04 bits per heavy atom. The lowest BCUT2D eigenvalue weighted by atomic mass is 9.84. The molecule has 1 aromatic carbocycles. The molecule has 2 bridgehead atoms. The van der Waals surface area contributed by atoms with Gasteiger partial charge in [-0.3, -0.25) is 9.59 Å². The molecule has 1 N–H and O–H groups in total. The quantitative estimate of drug-likeness (QED) is 0.893. The van der Waals surface area contributed by atoms with Crippen LogP contribution < -0.4 is 5.32 Å². The Labute approximate surface area is 150 Å². The average Bonchev–Trinajstić information content (AvgIpc) is 3.33. The fourth-order valence-electron chi connectivity index (χ4n) is 5.16. The van der Waals surface area contributed by atoms with Crippen LogP contribution in [0, 0.1) is 17.8 Å². The first-order valence-corrected chi connectivity index (χ1v) is 9.77. The van der Waals surface area contributed by atoms with Gasteiger partial charge in [-0.15, -0.1) is 0 Å². The Morgan fingerprint density at radius 1 is 1.24 bits per heavy atom. The molecule has 25 heavy (non-hydrogen) atoms. The maximum absolute atomic E-state index is 12.6. The first-order valence-electron chi connectivity index (χ1n) is 9.77. The topological polar surface area (TPSA) is 49.4 Å². The van der Waals surface area contributed by atoms with Gasteiger partial charge in [0.2, 0.25) is 5.91 Å². The lowest BCUT2D eigenvalue weighted by Crippen LogP contribution is -2.40. The van der Waals surface area contributed by atoms with E-state index in [2.05, 4.69) is 12.2 Å². The molecule has 1 aliphatic heterocycles. The number of hydrogen-bond acceptors (Lipinski definition) is 2. The predicted octanol–water partition coefficient (Wildman–Crippen LogP) is 3.36. The van der Waals surface area contributed by atoms with Crippen molar-refractivity contribution in [3.8, 4) is 0 Å². The van der Waals surface area contributed by atoms with Crippen molar-refractivity contribution in [2.45, 2.75) is 58.0 Å². The molecule has 4 atom stereocenters. The van der Waals surface area contributed by atoms with Crippen LogP contribution in [0.5, 0.6) is 0 Å². The molecule has 0 radical (unpaired) electrons. The zero-order valence-electron chi connectivity index (χ0n) is 15.0. The van der Waals surface area contributed by atoms with Gasteiger partial charge in [-0.1, -0.05) is 18.6 Å². The molecule has 0 aromatic heterocycles. The highest BCUT2D eigenvalue weighted by atomic mass is 16.2. The second-order valence-corrected chi connectivity index (χ2v) is 8.22. The van der Waals surface area contributed by atoms with Gasteiger partial charge in [0.05, 0.1) is 0 Å². The van der Waals surface area contributed by atoms with Gasteiger partial charge >= 0.3 is 0 Å². The Kier molecular flexibility index (Phi) is 4.53. The Hall–Kier alpha value is -1.84. The zero-order chi connectivity index (χ0) is 17.4. The summed E-state index contributed by atoms with van der Waals surface area (Å²) in [6.45, 7) is 3.67. The first kappa shape index (κ1) is 16.6. The third kappa shape index (κ3) is 3.44. The van der Waals surface area contributed by atoms with Crippen LogP contribution in [0.4, 0.5) is 0 Å². The van der Waals surface area contributed by atoms with Gasteiger partial charge in [0.1, 0.15) is 0 Å². The molecule has 4 heteroatoms. The molecule has 3 fully saturated rings. The molecule has 2 amide bonds. The van der Waals surface area contributed by atoms with E-state index in [0.29, 0.717) is 24.4 Å². The lowest BCUT2D eigenvalue weighted by molar-refractivity contribution is -0.128. The number of hydrogen-bond donors (Lipinski definition) is 1. The van der Waals surface area contributed by atoms with E-state index in [4.69, 9.17) is 0 Å². The maximum Gasteiger partial charge on any atom is 0.251 e. The summed E-state index contributed by atoms with van der Waals surface area (Å²) in [7, 11) is 0. The van der Waals surface area contributed by atoms with Crippen LogP contribution in [0.3, 0.4) is 0 Å². The number of carbonyl (C=O) groups is 2. The normalized spacial score (nSPS) is 29.2. The van der Waals surface area contributed by atoms with Crippen molar-refractivity contribution in [1.82, 2.24) is 10.2 Å². The number of rotatable bonds is 5. The van der Waals surface area contributed by atoms with Crippen molar-refractivity contribution < 1.29 is 9.59 Å². The van der Waals surface area contributed by atoms with Gasteiger partial charge in [-0.2, -0.15) is 0 Å². The number of carbonyl (C=O) groups excluding carboxylic acids is 2. The molecule has 4 nitrogen and oxygen atoms in total. The van der Waals surface area contributed by atoms with Crippen LogP contribution in [0.1, 0.15) is 61.4 Å². The molecule has 1 aromatic rings. The fraction of sp³-hybridized carbons (Fsp3) is 0.619. The summed E-state index contributed by atoms with van der Waals surface area (Å²) in [6, 6.07) is 7.98. The summed E-state index contributed by atoms with van der Waals surface area (Å²) in [6.07, 6.45) is 7.02. The zero-order valence-corrected chi connectivity index (χ0v) is 15.0. The smallest absolute Gasteiger partial charge is 0.251 e. The second kappa shape index (κ2) is 6.81. The number of likely N-dealkylation sites (tertiary alicyclic amines) is 1. The molecule has 3 aliphatic rings. The summed E-state index contributed by atoms with van der Waals surface area (Å²) >= 11 is 0. The van der Waals surface area contributed by atoms with E-state index in [1.165, 1.54) is 25.7 Å². The van der Waals surface area contributed by atoms with Crippen molar-refractivity contribution in [2.75, 3.05) is 6.54 Å². The monoisotopic (exact) mass is 340 g/mol. The SMILES string of the molecule is CC(NC(=O)c1ccc(CN2CCCC2=O)cc1)C1CC2CCC1C2. The standard InChI is InChI=1S/C21H28N2O2/c1-14(19-12-16-6-9-18(19)11-16)22-21(25)17-7-4-15(5-8-17)13-23-10-2-3-20(23)24/h4-5,7-8,14,16,18-19H,2-3,6,9-13H2,1H3,(H,22,25).